The van der Waals surface area contributed by atoms with Gasteiger partial charge in [0.15, 0.2) is 0 Å². The van der Waals surface area contributed by atoms with E-state index in [2.05, 4.69) is 9.88 Å². The number of benzene rings is 1. The number of aliphatic carboxylic acids is 1. The Hall–Kier alpha value is -2.40. The molecule has 1 fully saturated rings. The van der Waals surface area contributed by atoms with Crippen LogP contribution in [0.15, 0.2) is 48.7 Å². The summed E-state index contributed by atoms with van der Waals surface area (Å²) < 4.78 is 5.54. The molecule has 24 heavy (non-hydrogen) atoms. The molecule has 0 bridgehead atoms. The van der Waals surface area contributed by atoms with Gasteiger partial charge in [0.25, 0.3) is 0 Å². The zero-order chi connectivity index (χ0) is 16.9. The van der Waals surface area contributed by atoms with E-state index in [-0.39, 0.29) is 12.0 Å². The van der Waals surface area contributed by atoms with E-state index < -0.39 is 5.97 Å². The zero-order valence-corrected chi connectivity index (χ0v) is 13.8. The number of nitrogens with zero attached hydrogens (tertiary/aromatic N) is 2. The zero-order valence-electron chi connectivity index (χ0n) is 13.8. The van der Waals surface area contributed by atoms with E-state index in [4.69, 9.17) is 4.74 Å². The van der Waals surface area contributed by atoms with Gasteiger partial charge in [-0.2, -0.15) is 0 Å². The molecule has 2 unspecified atom stereocenters. The van der Waals surface area contributed by atoms with Gasteiger partial charge < -0.3 is 9.84 Å². The van der Waals surface area contributed by atoms with E-state index in [1.54, 1.807) is 13.3 Å². The van der Waals surface area contributed by atoms with Crippen LogP contribution < -0.4 is 4.74 Å². The Kier molecular flexibility index (Phi) is 5.11. The summed E-state index contributed by atoms with van der Waals surface area (Å²) in [5.74, 6) is -0.259. The first-order valence-electron chi connectivity index (χ1n) is 8.21. The third kappa shape index (κ3) is 3.41. The predicted molar refractivity (Wildman–Crippen MR) is 91.0 cm³/mol. The van der Waals surface area contributed by atoms with Crippen molar-refractivity contribution in [1.29, 1.82) is 0 Å². The Morgan fingerprint density at radius 3 is 2.79 bits per heavy atom. The van der Waals surface area contributed by atoms with Gasteiger partial charge in [-0.05, 0) is 37.6 Å². The molecular weight excluding hydrogens is 304 g/mol. The van der Waals surface area contributed by atoms with Crippen LogP contribution in [0.3, 0.4) is 0 Å². The number of aromatic nitrogens is 1. The molecule has 5 heteroatoms. The van der Waals surface area contributed by atoms with Crippen molar-refractivity contribution in [2.24, 2.45) is 5.92 Å². The van der Waals surface area contributed by atoms with Gasteiger partial charge in [-0.25, -0.2) is 0 Å². The quantitative estimate of drug-likeness (QED) is 0.915. The molecule has 2 atom stereocenters. The van der Waals surface area contributed by atoms with Crippen LogP contribution >= 0.6 is 0 Å². The van der Waals surface area contributed by atoms with Crippen molar-refractivity contribution >= 4 is 5.97 Å². The second kappa shape index (κ2) is 7.45. The van der Waals surface area contributed by atoms with Crippen LogP contribution in [0.4, 0.5) is 0 Å². The molecule has 0 saturated carbocycles. The maximum atomic E-state index is 11.5. The Balaban J connectivity index is 2.01. The van der Waals surface area contributed by atoms with Crippen LogP contribution in [-0.2, 0) is 4.79 Å². The fourth-order valence-electron chi connectivity index (χ4n) is 3.42. The molecule has 5 nitrogen and oxygen atoms in total. The summed E-state index contributed by atoms with van der Waals surface area (Å²) in [6, 6.07) is 13.6. The third-order valence-corrected chi connectivity index (χ3v) is 4.57. The molecule has 3 rings (SSSR count). The molecule has 1 N–H and O–H groups in total. The van der Waals surface area contributed by atoms with Gasteiger partial charge in [-0.3, -0.25) is 14.7 Å². The highest BCUT2D eigenvalue weighted by atomic mass is 16.5. The van der Waals surface area contributed by atoms with Gasteiger partial charge in [0, 0.05) is 18.3 Å². The van der Waals surface area contributed by atoms with Crippen LogP contribution in [0, 0.1) is 5.92 Å². The van der Waals surface area contributed by atoms with E-state index in [1.807, 2.05) is 42.5 Å². The smallest absolute Gasteiger partial charge is 0.307 e. The average Bonchev–Trinajstić information content (AvgIpc) is 2.63. The number of likely N-dealkylation sites (tertiary alicyclic amines) is 1. The summed E-state index contributed by atoms with van der Waals surface area (Å²) in [7, 11) is 1.66. The molecule has 1 aromatic carbocycles. The molecule has 0 radical (unpaired) electrons. The SMILES string of the molecule is COc1ccccc1C(c1ccccn1)N1CCCC(C(=O)O)C1. The minimum atomic E-state index is -0.723. The second-order valence-electron chi connectivity index (χ2n) is 6.07. The first kappa shape index (κ1) is 16.5. The summed E-state index contributed by atoms with van der Waals surface area (Å²) in [6.45, 7) is 1.37. The monoisotopic (exact) mass is 326 g/mol. The second-order valence-corrected chi connectivity index (χ2v) is 6.07. The van der Waals surface area contributed by atoms with E-state index in [0.29, 0.717) is 6.54 Å². The predicted octanol–water partition coefficient (Wildman–Crippen LogP) is 2.98. The maximum absolute atomic E-state index is 11.5. The molecule has 2 heterocycles. The molecule has 0 spiro atoms. The molecule has 0 amide bonds. The molecule has 0 aliphatic carbocycles. The topological polar surface area (TPSA) is 62.7 Å². The first-order valence-corrected chi connectivity index (χ1v) is 8.21. The van der Waals surface area contributed by atoms with Crippen molar-refractivity contribution in [2.75, 3.05) is 20.2 Å². The molecule has 1 aliphatic rings. The Bertz CT molecular complexity index is 690. The number of hydrogen-bond acceptors (Lipinski definition) is 4. The minimum Gasteiger partial charge on any atom is -0.496 e. The highest BCUT2D eigenvalue weighted by Gasteiger charge is 2.33. The van der Waals surface area contributed by atoms with Crippen molar-refractivity contribution in [3.8, 4) is 5.75 Å². The normalized spacial score (nSPS) is 19.6. The lowest BCUT2D eigenvalue weighted by molar-refractivity contribution is -0.143. The van der Waals surface area contributed by atoms with Crippen molar-refractivity contribution in [1.82, 2.24) is 9.88 Å². The van der Waals surface area contributed by atoms with Gasteiger partial charge in [-0.1, -0.05) is 24.3 Å². The molecular formula is C19H22N2O3. The highest BCUT2D eigenvalue weighted by Crippen LogP contribution is 2.36. The molecule has 2 aromatic rings. The minimum absolute atomic E-state index is 0.107. The number of carbonyl (C=O) groups is 1. The Morgan fingerprint density at radius 1 is 1.29 bits per heavy atom. The number of rotatable bonds is 5. The number of pyridine rings is 1. The molecule has 1 aromatic heterocycles. The van der Waals surface area contributed by atoms with Crippen LogP contribution in [0.5, 0.6) is 5.75 Å². The fourth-order valence-corrected chi connectivity index (χ4v) is 3.42. The van der Waals surface area contributed by atoms with Crippen molar-refractivity contribution in [3.63, 3.8) is 0 Å². The van der Waals surface area contributed by atoms with Crippen molar-refractivity contribution < 1.29 is 14.6 Å². The molecule has 1 aliphatic heterocycles. The molecule has 1 saturated heterocycles. The summed E-state index contributed by atoms with van der Waals surface area (Å²) >= 11 is 0. The summed E-state index contributed by atoms with van der Waals surface area (Å²) in [5, 5.41) is 9.41. The fraction of sp³-hybridized carbons (Fsp3) is 0.368. The van der Waals surface area contributed by atoms with Gasteiger partial charge in [0.1, 0.15) is 5.75 Å². The largest absolute Gasteiger partial charge is 0.496 e. The number of hydrogen-bond donors (Lipinski definition) is 1. The van der Waals surface area contributed by atoms with E-state index >= 15 is 0 Å². The lowest BCUT2D eigenvalue weighted by Crippen LogP contribution is -2.41. The Morgan fingerprint density at radius 2 is 2.08 bits per heavy atom. The number of carboxylic acids is 1. The lowest BCUT2D eigenvalue weighted by Gasteiger charge is -2.37. The van der Waals surface area contributed by atoms with Crippen LogP contribution in [0.1, 0.15) is 30.1 Å². The number of ether oxygens (including phenoxy) is 1. The Labute approximate surface area is 141 Å². The van der Waals surface area contributed by atoms with Crippen LogP contribution in [0.25, 0.3) is 0 Å². The summed E-state index contributed by atoms with van der Waals surface area (Å²) in [5.41, 5.74) is 1.93. The summed E-state index contributed by atoms with van der Waals surface area (Å²) in [6.07, 6.45) is 3.37. The lowest BCUT2D eigenvalue weighted by atomic mass is 9.93. The average molecular weight is 326 g/mol. The van der Waals surface area contributed by atoms with Gasteiger partial charge in [-0.15, -0.1) is 0 Å². The van der Waals surface area contributed by atoms with Crippen molar-refractivity contribution in [3.05, 3.63) is 59.9 Å². The number of methoxy groups -OCH3 is 1. The standard InChI is InChI=1S/C19H22N2O3/c1-24-17-10-3-2-8-15(17)18(16-9-4-5-11-20-16)21-12-6-7-14(13-21)19(22)23/h2-5,8-11,14,18H,6-7,12-13H2,1H3,(H,22,23). The first-order chi connectivity index (χ1) is 11.7. The number of piperidine rings is 1. The van der Waals surface area contributed by atoms with Gasteiger partial charge in [0.2, 0.25) is 0 Å². The number of para-hydroxylation sites is 1. The summed E-state index contributed by atoms with van der Waals surface area (Å²) in [4.78, 5) is 18.2. The molecule has 126 valence electrons. The third-order valence-electron chi connectivity index (χ3n) is 4.57. The van der Waals surface area contributed by atoms with Crippen molar-refractivity contribution in [2.45, 2.75) is 18.9 Å². The van der Waals surface area contributed by atoms with Gasteiger partial charge >= 0.3 is 5.97 Å². The maximum Gasteiger partial charge on any atom is 0.307 e. The van der Waals surface area contributed by atoms with E-state index in [1.165, 1.54) is 0 Å². The van der Waals surface area contributed by atoms with E-state index in [0.717, 1.165) is 36.4 Å². The van der Waals surface area contributed by atoms with Gasteiger partial charge in [0.05, 0.1) is 24.8 Å². The van der Waals surface area contributed by atoms with Crippen LogP contribution in [0.2, 0.25) is 0 Å². The number of carboxylic acid groups (broad SMARTS) is 1. The van der Waals surface area contributed by atoms with Crippen LogP contribution in [-0.4, -0.2) is 41.2 Å². The highest BCUT2D eigenvalue weighted by molar-refractivity contribution is 5.70. The van der Waals surface area contributed by atoms with E-state index in [9.17, 15) is 9.90 Å².